The summed E-state index contributed by atoms with van der Waals surface area (Å²) in [5, 5.41) is 4.42. The van der Waals surface area contributed by atoms with Gasteiger partial charge in [0.1, 0.15) is 42.0 Å². The molecule has 2 nitrogen and oxygen atoms in total. The monoisotopic (exact) mass is 650 g/mol. The van der Waals surface area contributed by atoms with Gasteiger partial charge < -0.3 is 34.0 Å². The van der Waals surface area contributed by atoms with E-state index in [1.54, 1.807) is 0 Å². The first kappa shape index (κ1) is 30.3. The molecular weight excluding hydrogens is 615 g/mol. The van der Waals surface area contributed by atoms with Crippen molar-refractivity contribution < 1.29 is 38.5 Å². The molecule has 0 saturated carbocycles. The topological polar surface area (TPSA) is 6.25 Å². The standard InChI is InChI=1S/C33H37N2P.2BrH/c1-27-24-28(2)33(29(3)25-27)35-22-21-34(26-35)20-13-23-36(30-14-7-4-8-15-30,31-16-9-5-10-17-31)32-18-11-6-12-19-32;;/h4-12,14-19,24-26H,13,20-23H2,1-3H3;2*1H/q+2;;/p-2. The summed E-state index contributed by atoms with van der Waals surface area (Å²) in [5.41, 5.74) is 5.45. The van der Waals surface area contributed by atoms with Gasteiger partial charge >= 0.3 is 0 Å². The fourth-order valence-corrected chi connectivity index (χ4v) is 10.2. The predicted molar refractivity (Wildman–Crippen MR) is 159 cm³/mol. The summed E-state index contributed by atoms with van der Waals surface area (Å²) in [4.78, 5) is 2.46. The Hall–Kier alpha value is -2.26. The molecule has 4 aromatic carbocycles. The van der Waals surface area contributed by atoms with Crippen LogP contribution in [0.4, 0.5) is 5.69 Å². The molecule has 0 radical (unpaired) electrons. The minimum absolute atomic E-state index is 0. The van der Waals surface area contributed by atoms with Crippen LogP contribution in [0.3, 0.4) is 0 Å². The number of anilines is 1. The molecule has 38 heavy (non-hydrogen) atoms. The molecule has 0 aromatic heterocycles. The summed E-state index contributed by atoms with van der Waals surface area (Å²) >= 11 is 0. The van der Waals surface area contributed by atoms with Gasteiger partial charge in [0.05, 0.1) is 12.7 Å². The van der Waals surface area contributed by atoms with Gasteiger partial charge in [-0.25, -0.2) is 4.90 Å². The molecule has 0 atom stereocenters. The lowest BCUT2D eigenvalue weighted by molar-refractivity contribution is -0.513. The van der Waals surface area contributed by atoms with Crippen LogP contribution < -0.4 is 54.8 Å². The van der Waals surface area contributed by atoms with Crippen LogP contribution in [-0.2, 0) is 0 Å². The fraction of sp³-hybridized carbons (Fsp3) is 0.242. The Morgan fingerprint density at radius 1 is 0.684 bits per heavy atom. The molecule has 198 valence electrons. The lowest BCUT2D eigenvalue weighted by Crippen LogP contribution is -3.00. The van der Waals surface area contributed by atoms with Gasteiger partial charge in [0.15, 0.2) is 0 Å². The lowest BCUT2D eigenvalue weighted by Gasteiger charge is -2.27. The number of benzene rings is 4. The molecule has 0 N–H and O–H groups in total. The quantitative estimate of drug-likeness (QED) is 0.190. The smallest absolute Gasteiger partial charge is 0.239 e. The Morgan fingerprint density at radius 2 is 1.13 bits per heavy atom. The third kappa shape index (κ3) is 6.30. The molecule has 5 heteroatoms. The number of aryl methyl sites for hydroxylation is 3. The number of hydrogen-bond acceptors (Lipinski definition) is 1. The minimum Gasteiger partial charge on any atom is -1.00 e. The van der Waals surface area contributed by atoms with Gasteiger partial charge in [0, 0.05) is 6.42 Å². The largest absolute Gasteiger partial charge is 1.00 e. The zero-order valence-corrected chi connectivity index (χ0v) is 26.6. The first-order valence-electron chi connectivity index (χ1n) is 13.1. The first-order valence-corrected chi connectivity index (χ1v) is 15.0. The summed E-state index contributed by atoms with van der Waals surface area (Å²) in [5.74, 6) is 0. The van der Waals surface area contributed by atoms with Crippen molar-refractivity contribution in [3.05, 3.63) is 120 Å². The molecule has 0 unspecified atom stereocenters. The van der Waals surface area contributed by atoms with Crippen molar-refractivity contribution in [3.8, 4) is 0 Å². The highest BCUT2D eigenvalue weighted by atomic mass is 79.9. The van der Waals surface area contributed by atoms with Crippen molar-refractivity contribution in [3.63, 3.8) is 0 Å². The number of hydrogen-bond donors (Lipinski definition) is 0. The van der Waals surface area contributed by atoms with Crippen molar-refractivity contribution >= 4 is 35.2 Å². The summed E-state index contributed by atoms with van der Waals surface area (Å²) in [6, 6.07) is 38.3. The molecule has 4 aromatic rings. The molecule has 0 fully saturated rings. The van der Waals surface area contributed by atoms with E-state index in [0.717, 1.165) is 32.2 Å². The maximum atomic E-state index is 2.52. The van der Waals surface area contributed by atoms with Crippen molar-refractivity contribution in [1.29, 1.82) is 0 Å². The summed E-state index contributed by atoms with van der Waals surface area (Å²) in [6.45, 7) is 9.88. The van der Waals surface area contributed by atoms with Crippen LogP contribution in [0.1, 0.15) is 23.1 Å². The van der Waals surface area contributed by atoms with E-state index in [2.05, 4.69) is 140 Å². The van der Waals surface area contributed by atoms with E-state index < -0.39 is 7.26 Å². The number of halogens is 2. The highest BCUT2D eigenvalue weighted by Gasteiger charge is 2.44. The highest BCUT2D eigenvalue weighted by Crippen LogP contribution is 2.55. The van der Waals surface area contributed by atoms with E-state index in [1.165, 1.54) is 38.3 Å². The van der Waals surface area contributed by atoms with Gasteiger partial charge in [0.2, 0.25) is 6.34 Å². The van der Waals surface area contributed by atoms with Gasteiger partial charge in [-0.15, -0.1) is 0 Å². The van der Waals surface area contributed by atoms with Gasteiger partial charge in [-0.2, -0.15) is 0 Å². The van der Waals surface area contributed by atoms with E-state index in [0.29, 0.717) is 0 Å². The second-order valence-corrected chi connectivity index (χ2v) is 13.6. The molecule has 0 amide bonds. The Balaban J connectivity index is 0.00000200. The normalized spacial score (nSPS) is 12.9. The van der Waals surface area contributed by atoms with Crippen LogP contribution in [-0.4, -0.2) is 36.7 Å². The zero-order chi connectivity index (χ0) is 25.0. The lowest BCUT2D eigenvalue weighted by atomic mass is 10.0. The predicted octanol–water partition coefficient (Wildman–Crippen LogP) is -0.135. The third-order valence-electron chi connectivity index (χ3n) is 7.38. The van der Waals surface area contributed by atoms with E-state index >= 15 is 0 Å². The molecule has 5 rings (SSSR count). The third-order valence-corrected chi connectivity index (χ3v) is 11.9. The molecular formula is C33H37Br2N2P. The van der Waals surface area contributed by atoms with Crippen LogP contribution >= 0.6 is 7.26 Å². The van der Waals surface area contributed by atoms with Gasteiger partial charge in [-0.3, -0.25) is 4.58 Å². The maximum absolute atomic E-state index is 2.52. The van der Waals surface area contributed by atoms with Gasteiger partial charge in [-0.05, 0) is 68.3 Å². The maximum Gasteiger partial charge on any atom is 0.239 e. The van der Waals surface area contributed by atoms with Crippen molar-refractivity contribution in [2.45, 2.75) is 27.2 Å². The van der Waals surface area contributed by atoms with Crippen LogP contribution in [0, 0.1) is 20.8 Å². The van der Waals surface area contributed by atoms with E-state index in [9.17, 15) is 0 Å². The fourth-order valence-electron chi connectivity index (χ4n) is 5.91. The Kier molecular flexibility index (Phi) is 10.9. The highest BCUT2D eigenvalue weighted by molar-refractivity contribution is 7.95. The number of rotatable bonds is 8. The van der Waals surface area contributed by atoms with Crippen LogP contribution in [0.25, 0.3) is 0 Å². The first-order chi connectivity index (χ1) is 17.6. The summed E-state index contributed by atoms with van der Waals surface area (Å²) in [7, 11) is -1.76. The minimum atomic E-state index is -1.76. The summed E-state index contributed by atoms with van der Waals surface area (Å²) < 4.78 is 2.52. The second-order valence-electron chi connectivity index (χ2n) is 9.99. The SMILES string of the molecule is Cc1cc(C)c(N2C=[N+](CCC[P+](c3ccccc3)(c3ccccc3)c3ccccc3)CC2)c(C)c1.[Br-].[Br-]. The van der Waals surface area contributed by atoms with Crippen molar-refractivity contribution in [2.24, 2.45) is 0 Å². The van der Waals surface area contributed by atoms with E-state index in [-0.39, 0.29) is 34.0 Å². The molecule has 0 saturated heterocycles. The Morgan fingerprint density at radius 3 is 1.58 bits per heavy atom. The Bertz CT molecular complexity index is 1220. The molecule has 1 heterocycles. The summed E-state index contributed by atoms with van der Waals surface area (Å²) in [6.07, 6.45) is 4.68. The molecule has 0 aliphatic carbocycles. The van der Waals surface area contributed by atoms with Crippen LogP contribution in [0.15, 0.2) is 103 Å². The van der Waals surface area contributed by atoms with Crippen molar-refractivity contribution in [1.82, 2.24) is 0 Å². The number of nitrogens with zero attached hydrogens (tertiary/aromatic N) is 2. The molecule has 1 aliphatic rings. The average Bonchev–Trinajstić information content (AvgIpc) is 3.36. The van der Waals surface area contributed by atoms with Crippen LogP contribution in [0.2, 0.25) is 0 Å². The Labute approximate surface area is 250 Å². The van der Waals surface area contributed by atoms with E-state index in [1.807, 2.05) is 0 Å². The average molecular weight is 652 g/mol. The van der Waals surface area contributed by atoms with E-state index in [4.69, 9.17) is 0 Å². The van der Waals surface area contributed by atoms with Gasteiger partial charge in [-0.1, -0.05) is 72.3 Å². The molecule has 0 spiro atoms. The van der Waals surface area contributed by atoms with Crippen molar-refractivity contribution in [2.75, 3.05) is 30.7 Å². The van der Waals surface area contributed by atoms with Gasteiger partial charge in [0.25, 0.3) is 0 Å². The molecule has 0 bridgehead atoms. The van der Waals surface area contributed by atoms with Crippen LogP contribution in [0.5, 0.6) is 0 Å². The zero-order valence-electron chi connectivity index (χ0n) is 22.5. The molecule has 1 aliphatic heterocycles. The second kappa shape index (κ2) is 13.7.